The number of ether oxygens (including phenoxy) is 2. The molecule has 2 aromatic carbocycles. The van der Waals surface area contributed by atoms with E-state index < -0.39 is 47.7 Å². The highest BCUT2D eigenvalue weighted by molar-refractivity contribution is 6.05. The van der Waals surface area contributed by atoms with Crippen LogP contribution >= 0.6 is 0 Å². The molecule has 2 unspecified atom stereocenters. The summed E-state index contributed by atoms with van der Waals surface area (Å²) in [7, 11) is 0. The maximum atomic E-state index is 15.0. The first-order chi connectivity index (χ1) is 21.1. The van der Waals surface area contributed by atoms with E-state index in [-0.39, 0.29) is 25.0 Å². The van der Waals surface area contributed by atoms with Crippen LogP contribution in [0.15, 0.2) is 73.8 Å². The topological polar surface area (TPSA) is 96.4 Å². The van der Waals surface area contributed by atoms with Gasteiger partial charge >= 0.3 is 5.97 Å². The van der Waals surface area contributed by atoms with Crippen molar-refractivity contribution in [3.8, 4) is 0 Å². The largest absolute Gasteiger partial charge is 0.465 e. The summed E-state index contributed by atoms with van der Waals surface area (Å²) in [6.45, 7) is 13.5. The number of allylic oxidation sites excluding steroid dienone is 1. The monoisotopic (exact) mass is 600 g/mol. The number of para-hydroxylation sites is 1. The standard InChI is InChI=1S/C36H44N2O6/c1-6-8-9-13-22-43-34(42)29-28-32(40)38(27(23-39)26-17-11-10-12-18-26)31(36(28)20-19-35(29,5)44-36)33(41)37(21-7-2)30-24(3)15-14-16-25(30)4/h6-7,10-12,14-18,27-29,31,39H,1-2,8-9,13,19-23H2,3-5H3/t27-,28+,29-,31?,35+,36?/m1/s1. The predicted molar refractivity (Wildman–Crippen MR) is 169 cm³/mol. The highest BCUT2D eigenvalue weighted by atomic mass is 16.6. The molecule has 234 valence electrons. The van der Waals surface area contributed by atoms with Gasteiger partial charge in [0, 0.05) is 12.2 Å². The molecule has 0 aromatic heterocycles. The molecule has 2 amide bonds. The zero-order chi connectivity index (χ0) is 31.6. The summed E-state index contributed by atoms with van der Waals surface area (Å²) < 4.78 is 12.6. The van der Waals surface area contributed by atoms with Crippen LogP contribution in [0.3, 0.4) is 0 Å². The number of carbonyl (C=O) groups is 3. The summed E-state index contributed by atoms with van der Waals surface area (Å²) in [4.78, 5) is 46.7. The Hall–Kier alpha value is -3.75. The number of likely N-dealkylation sites (tertiary alicyclic amines) is 1. The van der Waals surface area contributed by atoms with Crippen LogP contribution in [-0.2, 0) is 23.9 Å². The molecule has 1 N–H and O–H groups in total. The number of rotatable bonds is 13. The van der Waals surface area contributed by atoms with E-state index in [0.717, 1.165) is 29.7 Å². The molecule has 44 heavy (non-hydrogen) atoms. The van der Waals surface area contributed by atoms with E-state index in [1.54, 1.807) is 11.0 Å². The first kappa shape index (κ1) is 31.7. The zero-order valence-corrected chi connectivity index (χ0v) is 26.0. The average molecular weight is 601 g/mol. The number of unbranched alkanes of at least 4 members (excludes halogenated alkanes) is 2. The van der Waals surface area contributed by atoms with Gasteiger partial charge in [0.05, 0.1) is 30.8 Å². The maximum absolute atomic E-state index is 15.0. The SMILES string of the molecule is C=CCCCCOC(=O)[C@H]1[C@H]2C(=O)N([C@H](CO)c3ccccc3)C(C(=O)N(CC=C)c3c(C)cccc3C)C23CC[C@]1(C)O3. The molecular formula is C36H44N2O6. The molecule has 6 atom stereocenters. The van der Waals surface area contributed by atoms with Crippen molar-refractivity contribution in [2.75, 3.05) is 24.7 Å². The first-order valence-corrected chi connectivity index (χ1v) is 15.6. The minimum atomic E-state index is -1.26. The number of carbonyl (C=O) groups excluding carboxylic acids is 3. The lowest BCUT2D eigenvalue weighted by Crippen LogP contribution is -2.57. The van der Waals surface area contributed by atoms with Gasteiger partial charge in [0.1, 0.15) is 17.6 Å². The van der Waals surface area contributed by atoms with E-state index in [4.69, 9.17) is 9.47 Å². The second-order valence-corrected chi connectivity index (χ2v) is 12.5. The summed E-state index contributed by atoms with van der Waals surface area (Å²) in [6, 6.07) is 13.2. The van der Waals surface area contributed by atoms with Crippen LogP contribution in [0, 0.1) is 25.7 Å². The Balaban J connectivity index is 1.61. The minimum absolute atomic E-state index is 0.215. The summed E-state index contributed by atoms with van der Waals surface area (Å²) >= 11 is 0. The molecule has 3 aliphatic heterocycles. The van der Waals surface area contributed by atoms with Gasteiger partial charge in [-0.15, -0.1) is 13.2 Å². The molecule has 8 heteroatoms. The van der Waals surface area contributed by atoms with Crippen molar-refractivity contribution in [1.29, 1.82) is 0 Å². The molecule has 3 heterocycles. The number of benzene rings is 2. The fourth-order valence-corrected chi connectivity index (χ4v) is 7.82. The van der Waals surface area contributed by atoms with Gasteiger partial charge in [-0.3, -0.25) is 14.4 Å². The second-order valence-electron chi connectivity index (χ2n) is 12.5. The van der Waals surface area contributed by atoms with Crippen LogP contribution in [0.5, 0.6) is 0 Å². The summed E-state index contributed by atoms with van der Waals surface area (Å²) in [5, 5.41) is 10.8. The lowest BCUT2D eigenvalue weighted by atomic mass is 9.66. The third kappa shape index (κ3) is 5.18. The van der Waals surface area contributed by atoms with Crippen LogP contribution in [0.25, 0.3) is 0 Å². The van der Waals surface area contributed by atoms with Crippen LogP contribution < -0.4 is 4.90 Å². The Morgan fingerprint density at radius 2 is 1.80 bits per heavy atom. The van der Waals surface area contributed by atoms with Gasteiger partial charge in [0.25, 0.3) is 5.91 Å². The average Bonchev–Trinajstić information content (AvgIpc) is 3.58. The normalized spacial score (nSPS) is 27.6. The smallest absolute Gasteiger partial charge is 0.312 e. The fraction of sp³-hybridized carbons (Fsp3) is 0.472. The van der Waals surface area contributed by atoms with E-state index >= 15 is 4.79 Å². The molecule has 2 aromatic rings. The Bertz CT molecular complexity index is 1400. The molecule has 8 nitrogen and oxygen atoms in total. The van der Waals surface area contributed by atoms with Crippen LogP contribution in [-0.4, -0.2) is 64.8 Å². The predicted octanol–water partition coefficient (Wildman–Crippen LogP) is 5.22. The van der Waals surface area contributed by atoms with Gasteiger partial charge in [0.2, 0.25) is 5.91 Å². The van der Waals surface area contributed by atoms with Crippen molar-refractivity contribution >= 4 is 23.5 Å². The van der Waals surface area contributed by atoms with Crippen molar-refractivity contribution in [3.05, 3.63) is 90.5 Å². The number of hydrogen-bond acceptors (Lipinski definition) is 6. The quantitative estimate of drug-likeness (QED) is 0.192. The molecule has 0 radical (unpaired) electrons. The summed E-state index contributed by atoms with van der Waals surface area (Å²) in [6.07, 6.45) is 6.79. The third-order valence-corrected chi connectivity index (χ3v) is 9.73. The van der Waals surface area contributed by atoms with Gasteiger partial charge in [-0.2, -0.15) is 0 Å². The van der Waals surface area contributed by atoms with E-state index in [9.17, 15) is 14.7 Å². The Morgan fingerprint density at radius 1 is 1.09 bits per heavy atom. The van der Waals surface area contributed by atoms with Gasteiger partial charge in [0.15, 0.2) is 0 Å². The van der Waals surface area contributed by atoms with Gasteiger partial charge < -0.3 is 24.4 Å². The molecule has 1 spiro atoms. The van der Waals surface area contributed by atoms with Crippen LogP contribution in [0.2, 0.25) is 0 Å². The second kappa shape index (κ2) is 12.7. The molecule has 2 bridgehead atoms. The summed E-state index contributed by atoms with van der Waals surface area (Å²) in [5.41, 5.74) is 1.06. The van der Waals surface area contributed by atoms with Gasteiger partial charge in [-0.25, -0.2) is 0 Å². The van der Waals surface area contributed by atoms with Crippen LogP contribution in [0.1, 0.15) is 61.8 Å². The van der Waals surface area contributed by atoms with E-state index in [1.165, 1.54) is 4.90 Å². The molecule has 0 saturated carbocycles. The van der Waals surface area contributed by atoms with Crippen molar-refractivity contribution in [2.45, 2.75) is 76.2 Å². The van der Waals surface area contributed by atoms with Crippen molar-refractivity contribution in [1.82, 2.24) is 4.90 Å². The third-order valence-electron chi connectivity index (χ3n) is 9.73. The Kier molecular flexibility index (Phi) is 9.14. The number of fused-ring (bicyclic) bond motifs is 1. The molecule has 3 saturated heterocycles. The molecular weight excluding hydrogens is 556 g/mol. The number of aliphatic hydroxyl groups is 1. The highest BCUT2D eigenvalue weighted by Crippen LogP contribution is 2.64. The molecule has 5 rings (SSSR count). The first-order valence-electron chi connectivity index (χ1n) is 15.6. The lowest BCUT2D eigenvalue weighted by molar-refractivity contribution is -0.160. The molecule has 3 fully saturated rings. The Labute approximate surface area is 260 Å². The highest BCUT2D eigenvalue weighted by Gasteiger charge is 2.79. The van der Waals surface area contributed by atoms with Gasteiger partial charge in [-0.1, -0.05) is 60.7 Å². The van der Waals surface area contributed by atoms with Crippen molar-refractivity contribution < 1.29 is 29.0 Å². The maximum Gasteiger partial charge on any atom is 0.312 e. The number of aryl methyl sites for hydroxylation is 2. The lowest BCUT2D eigenvalue weighted by Gasteiger charge is -2.40. The number of esters is 1. The fourth-order valence-electron chi connectivity index (χ4n) is 7.82. The van der Waals surface area contributed by atoms with E-state index in [0.29, 0.717) is 24.8 Å². The number of nitrogens with zero attached hydrogens (tertiary/aromatic N) is 2. The number of amides is 2. The zero-order valence-electron chi connectivity index (χ0n) is 26.0. The van der Waals surface area contributed by atoms with Crippen LogP contribution in [0.4, 0.5) is 5.69 Å². The summed E-state index contributed by atoms with van der Waals surface area (Å²) in [5.74, 6) is -2.96. The van der Waals surface area contributed by atoms with Crippen molar-refractivity contribution in [3.63, 3.8) is 0 Å². The molecule has 0 aliphatic carbocycles. The minimum Gasteiger partial charge on any atom is -0.465 e. The van der Waals surface area contributed by atoms with Gasteiger partial charge in [-0.05, 0) is 69.6 Å². The van der Waals surface area contributed by atoms with E-state index in [1.807, 2.05) is 75.4 Å². The number of aliphatic hydroxyl groups excluding tert-OH is 1. The van der Waals surface area contributed by atoms with E-state index in [2.05, 4.69) is 13.2 Å². The Morgan fingerprint density at radius 3 is 2.43 bits per heavy atom. The molecule has 3 aliphatic rings. The van der Waals surface area contributed by atoms with Crippen molar-refractivity contribution in [2.24, 2.45) is 11.8 Å². The number of hydrogen-bond donors (Lipinski definition) is 1. The number of anilines is 1.